The van der Waals surface area contributed by atoms with Crippen molar-refractivity contribution in [3.63, 3.8) is 0 Å². The topological polar surface area (TPSA) is 17.0 Å². The van der Waals surface area contributed by atoms with E-state index in [9.17, 15) is 13.2 Å². The maximum atomic E-state index is 12.8. The maximum Gasteiger partial charge on any atom is 0.416 e. The molecule has 3 aromatic rings. The summed E-state index contributed by atoms with van der Waals surface area (Å²) in [6.07, 6.45) is -2.05. The molecule has 0 aliphatic carbocycles. The average Bonchev–Trinajstić information content (AvgIpc) is 2.94. The first-order valence-electron chi connectivity index (χ1n) is 9.39. The van der Waals surface area contributed by atoms with Crippen LogP contribution < -0.4 is 5.32 Å². The fourth-order valence-corrected chi connectivity index (χ4v) is 4.27. The Balaban J connectivity index is 1.72. The maximum absolute atomic E-state index is 12.8. The fraction of sp³-hybridized carbons (Fsp3) is 0.364. The molecule has 0 atom stereocenters. The van der Waals surface area contributed by atoms with E-state index in [2.05, 4.69) is 35.0 Å². The molecule has 1 saturated heterocycles. The van der Waals surface area contributed by atoms with Gasteiger partial charge in [0.1, 0.15) is 0 Å². The lowest BCUT2D eigenvalue weighted by Crippen LogP contribution is -2.26. The monoisotopic (exact) mass is 372 g/mol. The highest BCUT2D eigenvalue weighted by molar-refractivity contribution is 5.86. The van der Waals surface area contributed by atoms with Crippen molar-refractivity contribution in [2.24, 2.45) is 0 Å². The molecule has 2 nitrogen and oxygen atoms in total. The van der Waals surface area contributed by atoms with Crippen molar-refractivity contribution in [2.75, 3.05) is 13.1 Å². The molecule has 0 spiro atoms. The Labute approximate surface area is 157 Å². The zero-order valence-electron chi connectivity index (χ0n) is 15.3. The molecule has 1 N–H and O–H groups in total. The Bertz CT molecular complexity index is 933. The molecule has 0 bridgehead atoms. The third kappa shape index (κ3) is 3.48. The summed E-state index contributed by atoms with van der Waals surface area (Å²) in [6, 6.07) is 13.9. The molecule has 1 aliphatic heterocycles. The molecule has 0 unspecified atom stereocenters. The van der Waals surface area contributed by atoms with Crippen LogP contribution in [0.25, 0.3) is 10.9 Å². The van der Waals surface area contributed by atoms with Crippen LogP contribution in [0.5, 0.6) is 0 Å². The Kier molecular flexibility index (Phi) is 4.72. The Hall–Kier alpha value is -2.27. The van der Waals surface area contributed by atoms with Crippen LogP contribution in [0.1, 0.15) is 41.1 Å². The summed E-state index contributed by atoms with van der Waals surface area (Å²) in [5.41, 5.74) is 4.06. The molecule has 1 aliphatic rings. The molecular weight excluding hydrogens is 349 g/mol. The molecule has 0 radical (unpaired) electrons. The van der Waals surface area contributed by atoms with E-state index in [1.54, 1.807) is 12.1 Å². The van der Waals surface area contributed by atoms with E-state index in [-0.39, 0.29) is 0 Å². The van der Waals surface area contributed by atoms with Gasteiger partial charge in [-0.15, -0.1) is 0 Å². The minimum absolute atomic E-state index is 0.532. The van der Waals surface area contributed by atoms with Gasteiger partial charge in [-0.3, -0.25) is 0 Å². The van der Waals surface area contributed by atoms with Crippen LogP contribution >= 0.6 is 0 Å². The number of hydrogen-bond acceptors (Lipinski definition) is 1. The Morgan fingerprint density at radius 1 is 1.00 bits per heavy atom. The minimum atomic E-state index is -4.29. The van der Waals surface area contributed by atoms with Gasteiger partial charge in [-0.1, -0.05) is 30.3 Å². The van der Waals surface area contributed by atoms with E-state index in [4.69, 9.17) is 0 Å². The number of nitrogens with one attached hydrogen (secondary N) is 1. The van der Waals surface area contributed by atoms with Gasteiger partial charge < -0.3 is 9.88 Å². The van der Waals surface area contributed by atoms with Crippen molar-refractivity contribution >= 4 is 10.9 Å². The van der Waals surface area contributed by atoms with Gasteiger partial charge in [0.15, 0.2) is 0 Å². The third-order valence-electron chi connectivity index (χ3n) is 5.65. The molecular formula is C22H23F3N2. The zero-order valence-corrected chi connectivity index (χ0v) is 15.3. The van der Waals surface area contributed by atoms with Gasteiger partial charge in [0.2, 0.25) is 0 Å². The predicted octanol–water partition coefficient (Wildman–Crippen LogP) is 5.48. The number of para-hydroxylation sites is 1. The van der Waals surface area contributed by atoms with Gasteiger partial charge in [0.05, 0.1) is 5.56 Å². The quantitative estimate of drug-likeness (QED) is 0.644. The lowest BCUT2D eigenvalue weighted by Gasteiger charge is -2.23. The smallest absolute Gasteiger partial charge is 0.340 e. The molecule has 1 aromatic heterocycles. The first kappa shape index (κ1) is 18.1. The van der Waals surface area contributed by atoms with Crippen molar-refractivity contribution < 1.29 is 13.2 Å². The molecule has 4 rings (SSSR count). The van der Waals surface area contributed by atoms with Crippen molar-refractivity contribution in [1.82, 2.24) is 9.88 Å². The number of hydrogen-bond donors (Lipinski definition) is 1. The number of benzene rings is 2. The van der Waals surface area contributed by atoms with Crippen molar-refractivity contribution in [1.29, 1.82) is 0 Å². The van der Waals surface area contributed by atoms with Crippen LogP contribution in [0, 0.1) is 6.92 Å². The zero-order chi connectivity index (χ0) is 19.0. The van der Waals surface area contributed by atoms with Crippen LogP contribution in [0.15, 0.2) is 48.5 Å². The molecule has 2 aromatic carbocycles. The number of halogens is 3. The standard InChI is InChI=1S/C22H23F3N2/c1-15-21(17-10-12-26-13-11-17)19-4-2-3-5-20(19)27(15)14-16-6-8-18(9-7-16)22(23,24)25/h2-9,17,26H,10-14H2,1H3. The van der Waals surface area contributed by atoms with Gasteiger partial charge in [0, 0.05) is 23.1 Å². The number of aromatic nitrogens is 1. The van der Waals surface area contributed by atoms with E-state index in [0.29, 0.717) is 12.5 Å². The number of rotatable bonds is 3. The highest BCUT2D eigenvalue weighted by atomic mass is 19.4. The van der Waals surface area contributed by atoms with Crippen LogP contribution in [0.4, 0.5) is 13.2 Å². The molecule has 1 fully saturated rings. The number of nitrogens with zero attached hydrogens (tertiary/aromatic N) is 1. The van der Waals surface area contributed by atoms with E-state index in [1.165, 1.54) is 28.8 Å². The Morgan fingerprint density at radius 3 is 2.33 bits per heavy atom. The normalized spacial score (nSPS) is 16.1. The third-order valence-corrected chi connectivity index (χ3v) is 5.65. The highest BCUT2D eigenvalue weighted by Crippen LogP contribution is 2.36. The molecule has 0 saturated carbocycles. The van der Waals surface area contributed by atoms with Crippen LogP contribution in [-0.2, 0) is 12.7 Å². The first-order valence-corrected chi connectivity index (χ1v) is 9.39. The van der Waals surface area contributed by atoms with Crippen molar-refractivity contribution in [2.45, 2.75) is 38.4 Å². The summed E-state index contributed by atoms with van der Waals surface area (Å²) in [6.45, 7) is 4.78. The summed E-state index contributed by atoms with van der Waals surface area (Å²) in [5.74, 6) is 0.532. The van der Waals surface area contributed by atoms with E-state index < -0.39 is 11.7 Å². The second-order valence-electron chi connectivity index (χ2n) is 7.32. The summed E-state index contributed by atoms with van der Waals surface area (Å²) < 4.78 is 40.7. The summed E-state index contributed by atoms with van der Waals surface area (Å²) in [4.78, 5) is 0. The minimum Gasteiger partial charge on any atom is -0.340 e. The van der Waals surface area contributed by atoms with Crippen molar-refractivity contribution in [3.8, 4) is 0 Å². The number of fused-ring (bicyclic) bond motifs is 1. The van der Waals surface area contributed by atoms with Gasteiger partial charge in [-0.05, 0) is 68.1 Å². The van der Waals surface area contributed by atoms with E-state index >= 15 is 0 Å². The lowest BCUT2D eigenvalue weighted by atomic mass is 9.88. The summed E-state index contributed by atoms with van der Waals surface area (Å²) >= 11 is 0. The first-order chi connectivity index (χ1) is 12.9. The molecule has 2 heterocycles. The van der Waals surface area contributed by atoms with E-state index in [0.717, 1.165) is 37.0 Å². The molecule has 5 heteroatoms. The molecule has 27 heavy (non-hydrogen) atoms. The van der Waals surface area contributed by atoms with Gasteiger partial charge in [0.25, 0.3) is 0 Å². The van der Waals surface area contributed by atoms with Gasteiger partial charge in [-0.2, -0.15) is 13.2 Å². The number of piperidine rings is 1. The molecule has 142 valence electrons. The predicted molar refractivity (Wildman–Crippen MR) is 102 cm³/mol. The summed E-state index contributed by atoms with van der Waals surface area (Å²) in [7, 11) is 0. The Morgan fingerprint density at radius 2 is 1.67 bits per heavy atom. The molecule has 0 amide bonds. The average molecular weight is 372 g/mol. The fourth-order valence-electron chi connectivity index (χ4n) is 4.27. The summed E-state index contributed by atoms with van der Waals surface area (Å²) in [5, 5.41) is 4.69. The second-order valence-corrected chi connectivity index (χ2v) is 7.32. The SMILES string of the molecule is Cc1c(C2CCNCC2)c2ccccc2n1Cc1ccc(C(F)(F)F)cc1. The van der Waals surface area contributed by atoms with Crippen molar-refractivity contribution in [3.05, 3.63) is 70.9 Å². The van der Waals surface area contributed by atoms with Gasteiger partial charge in [-0.25, -0.2) is 0 Å². The second kappa shape index (κ2) is 7.04. The lowest BCUT2D eigenvalue weighted by molar-refractivity contribution is -0.137. The largest absolute Gasteiger partial charge is 0.416 e. The van der Waals surface area contributed by atoms with Crippen LogP contribution in [0.2, 0.25) is 0 Å². The van der Waals surface area contributed by atoms with Crippen LogP contribution in [-0.4, -0.2) is 17.7 Å². The van der Waals surface area contributed by atoms with E-state index in [1.807, 2.05) is 6.07 Å². The highest BCUT2D eigenvalue weighted by Gasteiger charge is 2.30. The van der Waals surface area contributed by atoms with Crippen LogP contribution in [0.3, 0.4) is 0 Å². The number of alkyl halides is 3. The van der Waals surface area contributed by atoms with Gasteiger partial charge >= 0.3 is 6.18 Å².